The Morgan fingerprint density at radius 1 is 0.929 bits per heavy atom. The van der Waals surface area contributed by atoms with Crippen molar-refractivity contribution in [3.63, 3.8) is 0 Å². The van der Waals surface area contributed by atoms with E-state index in [1.807, 2.05) is 56.3 Å². The van der Waals surface area contributed by atoms with Crippen LogP contribution in [0.1, 0.15) is 27.2 Å². The SMILES string of the molecule is C=C/C=C\CC.CC.c1ccccc1. The van der Waals surface area contributed by atoms with Crippen molar-refractivity contribution in [2.75, 3.05) is 0 Å². The van der Waals surface area contributed by atoms with Gasteiger partial charge in [-0.15, -0.1) is 0 Å². The highest BCUT2D eigenvalue weighted by Gasteiger charge is 1.57. The molecule has 0 radical (unpaired) electrons. The first-order valence-electron chi connectivity index (χ1n) is 5.19. The molecule has 0 spiro atoms. The Bertz CT molecular complexity index is 170. The van der Waals surface area contributed by atoms with Crippen molar-refractivity contribution < 1.29 is 0 Å². The fraction of sp³-hybridized carbons (Fsp3) is 0.286. The Kier molecular flexibility index (Phi) is 19.2. The number of hydrogen-bond donors (Lipinski definition) is 0. The predicted octanol–water partition coefficient (Wildman–Crippen LogP) is 4.85. The van der Waals surface area contributed by atoms with Gasteiger partial charge in [-0.25, -0.2) is 0 Å². The fourth-order valence-electron chi connectivity index (χ4n) is 0.617. The topological polar surface area (TPSA) is 0 Å². The van der Waals surface area contributed by atoms with Crippen LogP contribution in [0.2, 0.25) is 0 Å². The quantitative estimate of drug-likeness (QED) is 0.585. The van der Waals surface area contributed by atoms with Crippen molar-refractivity contribution in [2.24, 2.45) is 0 Å². The summed E-state index contributed by atoms with van der Waals surface area (Å²) < 4.78 is 0. The molecule has 0 fully saturated rings. The van der Waals surface area contributed by atoms with Gasteiger partial charge in [0.2, 0.25) is 0 Å². The van der Waals surface area contributed by atoms with Crippen molar-refractivity contribution in [3.05, 3.63) is 61.2 Å². The molecule has 0 heterocycles. The van der Waals surface area contributed by atoms with E-state index >= 15 is 0 Å². The largest absolute Gasteiger partial charge is 0.0991 e. The van der Waals surface area contributed by atoms with Crippen LogP contribution >= 0.6 is 0 Å². The van der Waals surface area contributed by atoms with Gasteiger partial charge in [0.1, 0.15) is 0 Å². The number of benzene rings is 1. The van der Waals surface area contributed by atoms with E-state index in [1.54, 1.807) is 6.08 Å². The maximum atomic E-state index is 3.51. The first kappa shape index (κ1) is 15.2. The maximum absolute atomic E-state index is 3.51. The normalized spacial score (nSPS) is 7.93. The summed E-state index contributed by atoms with van der Waals surface area (Å²) in [6.07, 6.45) is 6.89. The molecule has 0 unspecified atom stereocenters. The summed E-state index contributed by atoms with van der Waals surface area (Å²) in [6.45, 7) is 9.61. The highest BCUT2D eigenvalue weighted by atomic mass is 13.6. The second kappa shape index (κ2) is 17.7. The maximum Gasteiger partial charge on any atom is -0.0376 e. The molecule has 0 nitrogen and oxygen atoms in total. The lowest BCUT2D eigenvalue weighted by atomic mass is 10.4. The van der Waals surface area contributed by atoms with Crippen LogP contribution in [0.4, 0.5) is 0 Å². The summed E-state index contributed by atoms with van der Waals surface area (Å²) in [5.41, 5.74) is 0. The summed E-state index contributed by atoms with van der Waals surface area (Å²) in [5, 5.41) is 0. The van der Waals surface area contributed by atoms with Gasteiger partial charge < -0.3 is 0 Å². The Balaban J connectivity index is 0. The molecule has 0 atom stereocenters. The highest BCUT2D eigenvalue weighted by Crippen LogP contribution is 1.80. The van der Waals surface area contributed by atoms with Gasteiger partial charge in [0.25, 0.3) is 0 Å². The molecule has 0 saturated carbocycles. The lowest BCUT2D eigenvalue weighted by molar-refractivity contribution is 1.22. The molecule has 0 aliphatic rings. The van der Waals surface area contributed by atoms with Crippen LogP contribution in [0, 0.1) is 0 Å². The Morgan fingerprint density at radius 2 is 1.29 bits per heavy atom. The Labute approximate surface area is 89.0 Å². The smallest absolute Gasteiger partial charge is 0.0376 e. The van der Waals surface area contributed by atoms with Crippen LogP contribution in [-0.2, 0) is 0 Å². The molecule has 0 aliphatic heterocycles. The number of hydrogen-bond acceptors (Lipinski definition) is 0. The van der Waals surface area contributed by atoms with Crippen LogP contribution in [0.25, 0.3) is 0 Å². The molecule has 0 heteroatoms. The van der Waals surface area contributed by atoms with Crippen LogP contribution < -0.4 is 0 Å². The van der Waals surface area contributed by atoms with E-state index in [2.05, 4.69) is 19.6 Å². The highest BCUT2D eigenvalue weighted by molar-refractivity contribution is 4.99. The number of allylic oxidation sites excluding steroid dienone is 3. The standard InChI is InChI=1S/C6H6.C6H10.C2H6/c1-2-4-6-5-3-1;1-3-5-6-4-2;1-2/h1-6H;3,5-6H,1,4H2,2H3;1-2H3/b;6-5-;. The van der Waals surface area contributed by atoms with Crippen LogP contribution in [0.15, 0.2) is 61.2 Å². The molecule has 0 amide bonds. The molecule has 0 bridgehead atoms. The second-order valence-electron chi connectivity index (χ2n) is 2.23. The average Bonchev–Trinajstić information content (AvgIpc) is 2.32. The molecule has 1 aromatic carbocycles. The first-order chi connectivity index (χ1) is 6.91. The monoisotopic (exact) mass is 190 g/mol. The minimum Gasteiger partial charge on any atom is -0.0991 e. The van der Waals surface area contributed by atoms with Gasteiger partial charge >= 0.3 is 0 Å². The summed E-state index contributed by atoms with van der Waals surface area (Å²) in [7, 11) is 0. The molecule has 0 aliphatic carbocycles. The van der Waals surface area contributed by atoms with Gasteiger partial charge in [0.15, 0.2) is 0 Å². The van der Waals surface area contributed by atoms with Crippen LogP contribution in [0.3, 0.4) is 0 Å². The molecular formula is C14H22. The summed E-state index contributed by atoms with van der Waals surface area (Å²) in [6, 6.07) is 12.0. The lowest BCUT2D eigenvalue weighted by Gasteiger charge is -1.69. The molecule has 0 N–H and O–H groups in total. The average molecular weight is 190 g/mol. The molecule has 0 saturated heterocycles. The molecule has 78 valence electrons. The third kappa shape index (κ3) is 17.0. The van der Waals surface area contributed by atoms with Crippen molar-refractivity contribution in [2.45, 2.75) is 27.2 Å². The number of rotatable bonds is 2. The van der Waals surface area contributed by atoms with E-state index in [0.717, 1.165) is 6.42 Å². The Hall–Kier alpha value is -1.30. The van der Waals surface area contributed by atoms with E-state index in [4.69, 9.17) is 0 Å². The summed E-state index contributed by atoms with van der Waals surface area (Å²) in [5.74, 6) is 0. The van der Waals surface area contributed by atoms with E-state index < -0.39 is 0 Å². The van der Waals surface area contributed by atoms with Crippen molar-refractivity contribution in [1.82, 2.24) is 0 Å². The van der Waals surface area contributed by atoms with Gasteiger partial charge in [-0.2, -0.15) is 0 Å². The molecule has 0 aromatic heterocycles. The third-order valence-electron chi connectivity index (χ3n) is 1.17. The van der Waals surface area contributed by atoms with Gasteiger partial charge in [0, 0.05) is 0 Å². The van der Waals surface area contributed by atoms with Crippen molar-refractivity contribution in [3.8, 4) is 0 Å². The molecule has 1 aromatic rings. The lowest BCUT2D eigenvalue weighted by Crippen LogP contribution is -1.47. The van der Waals surface area contributed by atoms with Crippen LogP contribution in [-0.4, -0.2) is 0 Å². The van der Waals surface area contributed by atoms with Crippen LogP contribution in [0.5, 0.6) is 0 Å². The van der Waals surface area contributed by atoms with E-state index in [1.165, 1.54) is 0 Å². The zero-order chi connectivity index (χ0) is 11.1. The van der Waals surface area contributed by atoms with Gasteiger partial charge in [-0.05, 0) is 6.42 Å². The van der Waals surface area contributed by atoms with Gasteiger partial charge in [-0.1, -0.05) is 82.0 Å². The van der Waals surface area contributed by atoms with E-state index in [-0.39, 0.29) is 0 Å². The van der Waals surface area contributed by atoms with E-state index in [9.17, 15) is 0 Å². The molecular weight excluding hydrogens is 168 g/mol. The zero-order valence-electron chi connectivity index (χ0n) is 9.61. The molecule has 1 rings (SSSR count). The first-order valence-corrected chi connectivity index (χ1v) is 5.19. The minimum atomic E-state index is 1.10. The van der Waals surface area contributed by atoms with Gasteiger partial charge in [-0.3, -0.25) is 0 Å². The summed E-state index contributed by atoms with van der Waals surface area (Å²) >= 11 is 0. The zero-order valence-corrected chi connectivity index (χ0v) is 9.61. The molecule has 14 heavy (non-hydrogen) atoms. The second-order valence-corrected chi connectivity index (χ2v) is 2.23. The van der Waals surface area contributed by atoms with Crippen molar-refractivity contribution in [1.29, 1.82) is 0 Å². The fourth-order valence-corrected chi connectivity index (χ4v) is 0.617. The minimum absolute atomic E-state index is 1.10. The van der Waals surface area contributed by atoms with Gasteiger partial charge in [0.05, 0.1) is 0 Å². The third-order valence-corrected chi connectivity index (χ3v) is 1.17. The Morgan fingerprint density at radius 3 is 1.43 bits per heavy atom. The van der Waals surface area contributed by atoms with Crippen molar-refractivity contribution >= 4 is 0 Å². The summed E-state index contributed by atoms with van der Waals surface area (Å²) in [4.78, 5) is 0. The van der Waals surface area contributed by atoms with E-state index in [0.29, 0.717) is 0 Å². The predicted molar refractivity (Wildman–Crippen MR) is 67.4 cm³/mol.